The molecule has 0 saturated heterocycles. The summed E-state index contributed by atoms with van der Waals surface area (Å²) < 4.78 is 48.6. The maximum Gasteiger partial charge on any atom is 0.416 e. The zero-order valence-electron chi connectivity index (χ0n) is 12.0. The Hall–Kier alpha value is -1.37. The molecule has 3 N–H and O–H groups in total. The van der Waals surface area contributed by atoms with E-state index < -0.39 is 30.9 Å². The number of nitrogens with one attached hydrogen (secondary N) is 1. The predicted molar refractivity (Wildman–Crippen MR) is 75.4 cm³/mol. The lowest BCUT2D eigenvalue weighted by Crippen LogP contribution is -2.29. The second kappa shape index (κ2) is 6.81. The van der Waals surface area contributed by atoms with E-state index in [-0.39, 0.29) is 18.0 Å². The van der Waals surface area contributed by atoms with Gasteiger partial charge in [-0.3, -0.25) is 9.36 Å². The Balaban J connectivity index is 2.88. The average Bonchev–Trinajstić information content (AvgIpc) is 2.33. The van der Waals surface area contributed by atoms with Gasteiger partial charge in [-0.1, -0.05) is 13.8 Å². The van der Waals surface area contributed by atoms with Crippen LogP contribution in [0.4, 0.5) is 18.9 Å². The van der Waals surface area contributed by atoms with Crippen molar-refractivity contribution in [3.8, 4) is 0 Å². The summed E-state index contributed by atoms with van der Waals surface area (Å²) in [6.45, 7) is 3.40. The largest absolute Gasteiger partial charge is 0.416 e. The molecule has 9 heteroatoms. The van der Waals surface area contributed by atoms with Gasteiger partial charge in [-0.2, -0.15) is 13.2 Å². The van der Waals surface area contributed by atoms with Gasteiger partial charge in [0.15, 0.2) is 0 Å². The van der Waals surface area contributed by atoms with Crippen LogP contribution in [0.15, 0.2) is 24.3 Å². The molecule has 0 aliphatic rings. The van der Waals surface area contributed by atoms with Crippen molar-refractivity contribution >= 4 is 19.2 Å². The first-order valence-electron chi connectivity index (χ1n) is 6.44. The minimum Gasteiger partial charge on any atom is -0.325 e. The van der Waals surface area contributed by atoms with Gasteiger partial charge in [0.05, 0.1) is 5.56 Å². The van der Waals surface area contributed by atoms with Gasteiger partial charge < -0.3 is 15.1 Å². The number of hydrogen-bond acceptors (Lipinski definition) is 2. The van der Waals surface area contributed by atoms with Crippen LogP contribution in [-0.4, -0.2) is 21.4 Å². The van der Waals surface area contributed by atoms with Gasteiger partial charge in [-0.15, -0.1) is 0 Å². The van der Waals surface area contributed by atoms with Crippen LogP contribution in [-0.2, 0) is 15.5 Å². The van der Waals surface area contributed by atoms with Crippen molar-refractivity contribution in [1.82, 2.24) is 0 Å². The van der Waals surface area contributed by atoms with Crippen molar-refractivity contribution in [3.63, 3.8) is 0 Å². The van der Waals surface area contributed by atoms with Crippen LogP contribution in [0.2, 0.25) is 0 Å². The van der Waals surface area contributed by atoms with Crippen molar-refractivity contribution in [2.24, 2.45) is 5.92 Å². The maximum absolute atomic E-state index is 12.4. The van der Waals surface area contributed by atoms with E-state index in [0.717, 1.165) is 24.3 Å². The molecule has 1 atom stereocenters. The number of amides is 1. The first-order chi connectivity index (χ1) is 9.91. The number of carbonyl (C=O) groups is 1. The SMILES string of the molecule is CC(C)CC(C(=O)Nc1ccc(C(F)(F)F)cc1)P(=O)(O)O. The van der Waals surface area contributed by atoms with Gasteiger partial charge in [-0.05, 0) is 36.6 Å². The summed E-state index contributed by atoms with van der Waals surface area (Å²) in [4.78, 5) is 30.4. The number of rotatable bonds is 5. The topological polar surface area (TPSA) is 86.6 Å². The lowest BCUT2D eigenvalue weighted by molar-refractivity contribution is -0.137. The van der Waals surface area contributed by atoms with Gasteiger partial charge in [0, 0.05) is 5.69 Å². The number of carbonyl (C=O) groups excluding carboxylic acids is 1. The summed E-state index contributed by atoms with van der Waals surface area (Å²) in [7, 11) is -4.65. The van der Waals surface area contributed by atoms with Crippen molar-refractivity contribution in [1.29, 1.82) is 0 Å². The van der Waals surface area contributed by atoms with Crippen molar-refractivity contribution in [3.05, 3.63) is 29.8 Å². The number of benzene rings is 1. The number of halogens is 3. The normalized spacial score (nSPS) is 14.0. The minimum absolute atomic E-state index is 0.0310. The molecule has 1 aromatic rings. The van der Waals surface area contributed by atoms with Crippen molar-refractivity contribution in [2.75, 3.05) is 5.32 Å². The molecule has 0 aliphatic carbocycles. The average molecular weight is 339 g/mol. The van der Waals surface area contributed by atoms with Crippen LogP contribution >= 0.6 is 7.60 Å². The van der Waals surface area contributed by atoms with Crippen LogP contribution in [0.25, 0.3) is 0 Å². The van der Waals surface area contributed by atoms with Crippen LogP contribution in [0.5, 0.6) is 0 Å². The monoisotopic (exact) mass is 339 g/mol. The lowest BCUT2D eigenvalue weighted by atomic mass is 10.1. The summed E-state index contributed by atoms with van der Waals surface area (Å²) in [5.74, 6) is -1.04. The Labute approximate surface area is 125 Å². The van der Waals surface area contributed by atoms with Crippen LogP contribution in [0.3, 0.4) is 0 Å². The Kier molecular flexibility index (Phi) is 5.78. The molecule has 124 valence electrons. The third-order valence-electron chi connectivity index (χ3n) is 2.88. The Bertz CT molecular complexity index is 566. The molecule has 0 radical (unpaired) electrons. The Morgan fingerprint density at radius 2 is 1.73 bits per heavy atom. The van der Waals surface area contributed by atoms with Crippen LogP contribution < -0.4 is 5.32 Å². The zero-order valence-corrected chi connectivity index (χ0v) is 12.9. The molecule has 22 heavy (non-hydrogen) atoms. The first-order valence-corrected chi connectivity index (χ1v) is 8.12. The molecule has 5 nitrogen and oxygen atoms in total. The third-order valence-corrected chi connectivity index (χ3v) is 4.14. The van der Waals surface area contributed by atoms with Gasteiger partial charge in [0.1, 0.15) is 5.66 Å². The van der Waals surface area contributed by atoms with Gasteiger partial charge >= 0.3 is 13.8 Å². The standard InChI is InChI=1S/C13H17F3NO4P/c1-8(2)7-11(22(19,20)21)12(18)17-10-5-3-9(4-6-10)13(14,15)16/h3-6,8,11H,7H2,1-2H3,(H,17,18)(H2,19,20,21). The number of anilines is 1. The molecule has 0 spiro atoms. The highest BCUT2D eigenvalue weighted by Gasteiger charge is 2.36. The lowest BCUT2D eigenvalue weighted by Gasteiger charge is -2.19. The van der Waals surface area contributed by atoms with Crippen molar-refractivity contribution in [2.45, 2.75) is 32.1 Å². The molecule has 0 aromatic heterocycles. The van der Waals surface area contributed by atoms with Crippen molar-refractivity contribution < 1.29 is 32.3 Å². The van der Waals surface area contributed by atoms with E-state index in [1.54, 1.807) is 13.8 Å². The summed E-state index contributed by atoms with van der Waals surface area (Å²) in [5.41, 5.74) is -2.37. The van der Waals surface area contributed by atoms with Crippen LogP contribution in [0.1, 0.15) is 25.8 Å². The van der Waals surface area contributed by atoms with E-state index in [2.05, 4.69) is 5.32 Å². The van der Waals surface area contributed by atoms with Gasteiger partial charge in [0.25, 0.3) is 0 Å². The highest BCUT2D eigenvalue weighted by atomic mass is 31.2. The van der Waals surface area contributed by atoms with Gasteiger partial charge in [0.2, 0.25) is 5.91 Å². The Morgan fingerprint density at radius 1 is 1.23 bits per heavy atom. The molecule has 0 bridgehead atoms. The number of alkyl halides is 3. The second-order valence-electron chi connectivity index (χ2n) is 5.30. The molecule has 1 amide bonds. The van der Waals surface area contributed by atoms with E-state index >= 15 is 0 Å². The van der Waals surface area contributed by atoms with E-state index in [1.165, 1.54) is 0 Å². The molecule has 0 fully saturated rings. The quantitative estimate of drug-likeness (QED) is 0.719. The fraction of sp³-hybridized carbons (Fsp3) is 0.462. The molecule has 1 aromatic carbocycles. The summed E-state index contributed by atoms with van der Waals surface area (Å²) >= 11 is 0. The second-order valence-corrected chi connectivity index (χ2v) is 7.10. The molecular formula is C13H17F3NO4P. The smallest absolute Gasteiger partial charge is 0.325 e. The van der Waals surface area contributed by atoms with Crippen LogP contribution in [0, 0.1) is 5.92 Å². The molecular weight excluding hydrogens is 322 g/mol. The van der Waals surface area contributed by atoms with E-state index in [4.69, 9.17) is 0 Å². The highest BCUT2D eigenvalue weighted by Crippen LogP contribution is 2.44. The molecule has 0 heterocycles. The molecule has 0 saturated carbocycles. The maximum atomic E-state index is 12.4. The third kappa shape index (κ3) is 5.44. The predicted octanol–water partition coefficient (Wildman–Crippen LogP) is 3.24. The zero-order chi connectivity index (χ0) is 17.1. The molecule has 1 rings (SSSR count). The molecule has 1 unspecified atom stereocenters. The summed E-state index contributed by atoms with van der Waals surface area (Å²) in [6.07, 6.45) is -4.52. The minimum atomic E-state index is -4.65. The molecule has 0 aliphatic heterocycles. The van der Waals surface area contributed by atoms with Gasteiger partial charge in [-0.25, -0.2) is 0 Å². The highest BCUT2D eigenvalue weighted by molar-refractivity contribution is 7.53. The van der Waals surface area contributed by atoms with E-state index in [0.29, 0.717) is 0 Å². The fourth-order valence-corrected chi connectivity index (χ4v) is 2.88. The van der Waals surface area contributed by atoms with E-state index in [9.17, 15) is 32.3 Å². The van der Waals surface area contributed by atoms with E-state index in [1.807, 2.05) is 0 Å². The Morgan fingerprint density at radius 3 is 2.09 bits per heavy atom. The first kappa shape index (κ1) is 18.7. The summed E-state index contributed by atoms with van der Waals surface area (Å²) in [5, 5.41) is 2.23. The fourth-order valence-electron chi connectivity index (χ4n) is 1.81. The number of hydrogen-bond donors (Lipinski definition) is 3. The summed E-state index contributed by atoms with van der Waals surface area (Å²) in [6, 6.07) is 3.63.